The molecule has 1 aliphatic rings. The van der Waals surface area contributed by atoms with Gasteiger partial charge in [0.25, 0.3) is 11.7 Å². The number of ether oxygens (including phenoxy) is 1. The number of aliphatic hydroxyl groups is 1. The van der Waals surface area contributed by atoms with Crippen molar-refractivity contribution in [3.63, 3.8) is 0 Å². The zero-order chi connectivity index (χ0) is 21.0. The first-order valence-corrected chi connectivity index (χ1v) is 9.89. The summed E-state index contributed by atoms with van der Waals surface area (Å²) in [6.45, 7) is 6.30. The van der Waals surface area contributed by atoms with E-state index in [1.807, 2.05) is 20.8 Å². The first-order valence-electron chi connectivity index (χ1n) is 9.89. The highest BCUT2D eigenvalue weighted by molar-refractivity contribution is 6.46. The van der Waals surface area contributed by atoms with Gasteiger partial charge in [0.05, 0.1) is 17.7 Å². The van der Waals surface area contributed by atoms with Crippen molar-refractivity contribution in [2.45, 2.75) is 45.8 Å². The fourth-order valence-electron chi connectivity index (χ4n) is 3.48. The Morgan fingerprint density at radius 1 is 1.21 bits per heavy atom. The summed E-state index contributed by atoms with van der Waals surface area (Å²) in [5.41, 5.74) is 1.28. The predicted molar refractivity (Wildman–Crippen MR) is 110 cm³/mol. The van der Waals surface area contributed by atoms with Crippen LogP contribution in [0, 0.1) is 0 Å². The highest BCUT2D eigenvalue weighted by Crippen LogP contribution is 2.39. The number of carbonyl (C=O) groups excluding carboxylic acids is 2. The molecule has 1 saturated heterocycles. The van der Waals surface area contributed by atoms with Crippen molar-refractivity contribution in [2.24, 2.45) is 0 Å². The summed E-state index contributed by atoms with van der Waals surface area (Å²) in [4.78, 5) is 31.2. The number of aromatic nitrogens is 1. The highest BCUT2D eigenvalue weighted by atomic mass is 16.5. The second kappa shape index (κ2) is 8.90. The van der Waals surface area contributed by atoms with Crippen LogP contribution in [0.15, 0.2) is 54.4 Å². The molecule has 1 aliphatic heterocycles. The van der Waals surface area contributed by atoms with Gasteiger partial charge in [-0.05, 0) is 50.1 Å². The number of nitrogens with zero attached hydrogens (tertiary/aromatic N) is 2. The van der Waals surface area contributed by atoms with E-state index in [9.17, 15) is 14.7 Å². The molecule has 29 heavy (non-hydrogen) atoms. The number of carbonyl (C=O) groups is 2. The van der Waals surface area contributed by atoms with E-state index in [-0.39, 0.29) is 17.4 Å². The smallest absolute Gasteiger partial charge is 0.295 e. The standard InChI is InChI=1S/C23H26N2O4/c1-4-5-13-25-20(16-9-11-24-12-10-16)19(22(27)23(25)28)21(26)17-7-6-8-18(14-17)29-15(2)3/h6-12,14-15,20,26H,4-5,13H2,1-3H3/b21-19-. The van der Waals surface area contributed by atoms with Gasteiger partial charge in [-0.2, -0.15) is 0 Å². The second-order valence-electron chi connectivity index (χ2n) is 7.32. The molecule has 1 unspecified atom stereocenters. The van der Waals surface area contributed by atoms with Crippen LogP contribution in [0.5, 0.6) is 5.75 Å². The van der Waals surface area contributed by atoms with Gasteiger partial charge in [-0.1, -0.05) is 25.5 Å². The molecule has 0 bridgehead atoms. The first kappa shape index (κ1) is 20.6. The Kier molecular flexibility index (Phi) is 6.32. The summed E-state index contributed by atoms with van der Waals surface area (Å²) in [6.07, 6.45) is 4.87. The predicted octanol–water partition coefficient (Wildman–Crippen LogP) is 4.09. The van der Waals surface area contributed by atoms with E-state index in [2.05, 4.69) is 4.98 Å². The Hall–Kier alpha value is -3.15. The Balaban J connectivity index is 2.11. The number of hydrogen-bond acceptors (Lipinski definition) is 5. The number of likely N-dealkylation sites (tertiary alicyclic amines) is 1. The third kappa shape index (κ3) is 4.31. The maximum absolute atomic E-state index is 12.9. The molecule has 6 nitrogen and oxygen atoms in total. The number of unbranched alkanes of at least 4 members (excludes halogenated alkanes) is 1. The molecule has 152 valence electrons. The summed E-state index contributed by atoms with van der Waals surface area (Å²) in [5.74, 6) is -0.866. The van der Waals surface area contributed by atoms with Gasteiger partial charge >= 0.3 is 0 Å². The minimum atomic E-state index is -0.671. The SMILES string of the molecule is CCCCN1C(=O)C(=O)/C(=C(\O)c2cccc(OC(C)C)c2)C1c1ccncc1. The van der Waals surface area contributed by atoms with Gasteiger partial charge in [0.1, 0.15) is 11.5 Å². The minimum absolute atomic E-state index is 0.0242. The summed E-state index contributed by atoms with van der Waals surface area (Å²) in [5, 5.41) is 11.1. The van der Waals surface area contributed by atoms with Crippen molar-refractivity contribution in [1.82, 2.24) is 9.88 Å². The van der Waals surface area contributed by atoms with Crippen LogP contribution in [-0.4, -0.2) is 39.3 Å². The molecule has 1 atom stereocenters. The van der Waals surface area contributed by atoms with Gasteiger partial charge in [0.2, 0.25) is 0 Å². The number of rotatable bonds is 7. The molecule has 2 aromatic rings. The summed E-state index contributed by atoms with van der Waals surface area (Å²) < 4.78 is 5.70. The van der Waals surface area contributed by atoms with Gasteiger partial charge < -0.3 is 14.7 Å². The number of amides is 1. The first-order chi connectivity index (χ1) is 13.9. The topological polar surface area (TPSA) is 79.7 Å². The van der Waals surface area contributed by atoms with Crippen LogP contribution >= 0.6 is 0 Å². The fourth-order valence-corrected chi connectivity index (χ4v) is 3.48. The van der Waals surface area contributed by atoms with Crippen molar-refractivity contribution < 1.29 is 19.4 Å². The summed E-state index contributed by atoms with van der Waals surface area (Å²) in [6, 6.07) is 9.81. The lowest BCUT2D eigenvalue weighted by Gasteiger charge is -2.25. The molecular weight excluding hydrogens is 368 g/mol. The quantitative estimate of drug-likeness (QED) is 0.435. The third-order valence-corrected chi connectivity index (χ3v) is 4.79. The van der Waals surface area contributed by atoms with E-state index in [0.717, 1.165) is 18.4 Å². The Bertz CT molecular complexity index is 921. The van der Waals surface area contributed by atoms with Crippen molar-refractivity contribution in [3.05, 3.63) is 65.5 Å². The largest absolute Gasteiger partial charge is 0.507 e. The molecule has 0 radical (unpaired) electrons. The number of Topliss-reactive ketones (excluding diaryl/α,β-unsaturated/α-hetero) is 1. The molecule has 0 saturated carbocycles. The minimum Gasteiger partial charge on any atom is -0.507 e. The van der Waals surface area contributed by atoms with Crippen molar-refractivity contribution in [3.8, 4) is 5.75 Å². The van der Waals surface area contributed by atoms with E-state index in [4.69, 9.17) is 4.74 Å². The van der Waals surface area contributed by atoms with Gasteiger partial charge in [-0.15, -0.1) is 0 Å². The van der Waals surface area contributed by atoms with Crippen LogP contribution in [0.25, 0.3) is 5.76 Å². The van der Waals surface area contributed by atoms with Crippen LogP contribution < -0.4 is 4.74 Å². The van der Waals surface area contributed by atoms with Gasteiger partial charge in [-0.3, -0.25) is 14.6 Å². The van der Waals surface area contributed by atoms with E-state index in [1.54, 1.807) is 53.7 Å². The zero-order valence-corrected chi connectivity index (χ0v) is 17.0. The lowest BCUT2D eigenvalue weighted by Crippen LogP contribution is -2.30. The van der Waals surface area contributed by atoms with Crippen LogP contribution in [0.2, 0.25) is 0 Å². The highest BCUT2D eigenvalue weighted by Gasteiger charge is 2.45. The van der Waals surface area contributed by atoms with E-state index >= 15 is 0 Å². The van der Waals surface area contributed by atoms with Crippen molar-refractivity contribution >= 4 is 17.4 Å². The molecule has 0 spiro atoms. The second-order valence-corrected chi connectivity index (χ2v) is 7.32. The van der Waals surface area contributed by atoms with Gasteiger partial charge in [0, 0.05) is 24.5 Å². The van der Waals surface area contributed by atoms with E-state index in [1.165, 1.54) is 0 Å². The van der Waals surface area contributed by atoms with E-state index < -0.39 is 17.7 Å². The van der Waals surface area contributed by atoms with Crippen molar-refractivity contribution in [2.75, 3.05) is 6.54 Å². The molecule has 3 rings (SSSR count). The van der Waals surface area contributed by atoms with Crippen molar-refractivity contribution in [1.29, 1.82) is 0 Å². The Labute approximate surface area is 170 Å². The summed E-state index contributed by atoms with van der Waals surface area (Å²) >= 11 is 0. The molecule has 1 N–H and O–H groups in total. The third-order valence-electron chi connectivity index (χ3n) is 4.79. The van der Waals surface area contributed by atoms with Gasteiger partial charge in [-0.25, -0.2) is 0 Å². The average molecular weight is 394 g/mol. The molecule has 0 aliphatic carbocycles. The lowest BCUT2D eigenvalue weighted by atomic mass is 9.96. The molecule has 6 heteroatoms. The number of pyridine rings is 1. The van der Waals surface area contributed by atoms with Crippen LogP contribution in [0.1, 0.15) is 50.8 Å². The zero-order valence-electron chi connectivity index (χ0n) is 17.0. The number of benzene rings is 1. The van der Waals surface area contributed by atoms with Crippen LogP contribution in [0.3, 0.4) is 0 Å². The van der Waals surface area contributed by atoms with Crippen LogP contribution in [0.4, 0.5) is 0 Å². The fraction of sp³-hybridized carbons (Fsp3) is 0.348. The van der Waals surface area contributed by atoms with Crippen LogP contribution in [-0.2, 0) is 9.59 Å². The number of ketones is 1. The van der Waals surface area contributed by atoms with Gasteiger partial charge in [0.15, 0.2) is 0 Å². The molecule has 1 fully saturated rings. The number of aliphatic hydroxyl groups excluding tert-OH is 1. The monoisotopic (exact) mass is 394 g/mol. The van der Waals surface area contributed by atoms with E-state index in [0.29, 0.717) is 17.9 Å². The number of hydrogen-bond donors (Lipinski definition) is 1. The lowest BCUT2D eigenvalue weighted by molar-refractivity contribution is -0.139. The maximum Gasteiger partial charge on any atom is 0.295 e. The normalized spacial score (nSPS) is 18.5. The molecular formula is C23H26N2O4. The molecule has 1 aromatic heterocycles. The average Bonchev–Trinajstić information content (AvgIpc) is 2.96. The molecule has 1 aromatic carbocycles. The Morgan fingerprint density at radius 2 is 1.93 bits per heavy atom. The summed E-state index contributed by atoms with van der Waals surface area (Å²) in [7, 11) is 0. The maximum atomic E-state index is 12.9. The molecule has 2 heterocycles. The molecule has 1 amide bonds. The Morgan fingerprint density at radius 3 is 2.59 bits per heavy atom.